The molecule has 0 aromatic heterocycles. The second-order valence-corrected chi connectivity index (χ2v) is 18.2. The maximum atomic E-state index is 13.4. The van der Waals surface area contributed by atoms with Crippen molar-refractivity contribution in [2.45, 2.75) is 161 Å². The molecule has 0 unspecified atom stereocenters. The molecule has 0 aliphatic carbocycles. The number of likely N-dealkylation sites (N-methyl/N-ethyl adjacent to an activating group) is 2. The van der Waals surface area contributed by atoms with Gasteiger partial charge in [0.25, 0.3) is 0 Å². The number of carboxylic acids is 4. The fourth-order valence-electron chi connectivity index (χ4n) is 7.13. The molecule has 0 aliphatic rings. The van der Waals surface area contributed by atoms with Gasteiger partial charge in [-0.05, 0) is 69.3 Å². The van der Waals surface area contributed by atoms with E-state index in [0.29, 0.717) is 12.8 Å². The molecule has 0 rings (SSSR count). The summed E-state index contributed by atoms with van der Waals surface area (Å²) in [6.45, 7) is 0.804. The molecular weight excluding hydrogens is 1120 g/mol. The van der Waals surface area contributed by atoms with Gasteiger partial charge in [0.2, 0.25) is 5.91 Å². The second kappa shape index (κ2) is 52.7. The molecule has 18 nitrogen and oxygen atoms in total. The maximum absolute atomic E-state index is 13.4. The number of amides is 1. The molecule has 0 N–H and O–H groups in total. The van der Waals surface area contributed by atoms with Gasteiger partial charge in [-0.3, -0.25) is 34.0 Å². The van der Waals surface area contributed by atoms with E-state index in [9.17, 15) is 54.0 Å². The van der Waals surface area contributed by atoms with E-state index in [1.165, 1.54) is 47.4 Å². The van der Waals surface area contributed by atoms with E-state index in [4.69, 9.17) is 9.47 Å². The summed E-state index contributed by atoms with van der Waals surface area (Å²) >= 11 is 0. The quantitative estimate of drug-likeness (QED) is 0.0262. The molecule has 0 saturated heterocycles. The predicted molar refractivity (Wildman–Crippen MR) is 269 cm³/mol. The zero-order valence-electron chi connectivity index (χ0n) is 45.7. The molecule has 0 bridgehead atoms. The van der Waals surface area contributed by atoms with Crippen molar-refractivity contribution in [3.05, 3.63) is 0 Å². The zero-order chi connectivity index (χ0) is 54.3. The Morgan fingerprint density at radius 2 is 0.747 bits per heavy atom. The SMILES string of the molecule is CCCCCC#CC#CCCCCCCCC(=O)OCC(COC(=O)CCCCCCCC#CC#CCCCCC)N(C)CCN(C)C(=O)CN(CCN(CCN(CC(=O)[O-])CC(=O)[O-])CC(=O)[O-])CC(=O)[O-].[Gd+3].[Na+]. The van der Waals surface area contributed by atoms with Gasteiger partial charge in [-0.2, -0.15) is 0 Å². The molecule has 1 radical (unpaired) electrons. The first-order valence-electron chi connectivity index (χ1n) is 26.2. The smallest absolute Gasteiger partial charge is 0.549 e. The minimum absolute atomic E-state index is 0. The van der Waals surface area contributed by atoms with Crippen molar-refractivity contribution in [1.29, 1.82) is 0 Å². The van der Waals surface area contributed by atoms with Crippen LogP contribution in [0.2, 0.25) is 0 Å². The fourth-order valence-corrected chi connectivity index (χ4v) is 7.13. The summed E-state index contributed by atoms with van der Waals surface area (Å²) < 4.78 is 11.3. The van der Waals surface area contributed by atoms with Gasteiger partial charge in [-0.1, -0.05) is 102 Å². The third-order valence-electron chi connectivity index (χ3n) is 11.6. The molecule has 0 heterocycles. The van der Waals surface area contributed by atoms with E-state index in [2.05, 4.69) is 61.2 Å². The first-order chi connectivity index (χ1) is 35.1. The summed E-state index contributed by atoms with van der Waals surface area (Å²) in [5.41, 5.74) is 0. The molecular formula is C55H83GdN5NaO13. The van der Waals surface area contributed by atoms with Crippen molar-refractivity contribution in [1.82, 2.24) is 24.5 Å². The van der Waals surface area contributed by atoms with Gasteiger partial charge in [0.05, 0.1) is 36.5 Å². The van der Waals surface area contributed by atoms with Crippen LogP contribution >= 0.6 is 0 Å². The molecule has 0 aromatic carbocycles. The van der Waals surface area contributed by atoms with Gasteiger partial charge in [-0.25, -0.2) is 0 Å². The Morgan fingerprint density at radius 3 is 1.12 bits per heavy atom. The van der Waals surface area contributed by atoms with Crippen LogP contribution in [0, 0.1) is 87.3 Å². The Balaban J connectivity index is -0.0000259. The normalized spacial score (nSPS) is 10.4. The van der Waals surface area contributed by atoms with Crippen LogP contribution in [0.15, 0.2) is 0 Å². The Bertz CT molecular complexity index is 1790. The van der Waals surface area contributed by atoms with E-state index < -0.39 is 68.6 Å². The first kappa shape index (κ1) is 75.9. The molecule has 415 valence electrons. The third kappa shape index (κ3) is 50.0. The molecule has 75 heavy (non-hydrogen) atoms. The topological polar surface area (TPSA) is 246 Å². The van der Waals surface area contributed by atoms with Gasteiger partial charge in [-0.15, -0.1) is 0 Å². The van der Waals surface area contributed by atoms with E-state index in [-0.39, 0.29) is 147 Å². The number of rotatable bonds is 44. The van der Waals surface area contributed by atoms with Crippen molar-refractivity contribution >= 4 is 41.7 Å². The number of hydrogen-bond donors (Lipinski definition) is 0. The van der Waals surface area contributed by atoms with Gasteiger partial charge in [0.1, 0.15) is 13.2 Å². The summed E-state index contributed by atoms with van der Waals surface area (Å²) in [7, 11) is 3.26. The maximum Gasteiger partial charge on any atom is 3.00 e. The number of carbonyl (C=O) groups excluding carboxylic acids is 7. The standard InChI is InChI=1S/C55H87N5O13.Gd.Na/c1-5-7-9-11-13-15-17-19-21-23-25-27-29-31-33-54(70)72-46-48(47-73-55(71)34-32-30-28-26-24-22-20-18-16-14-12-10-8-6-2)56(3)35-36-57(4)49(61)41-59(43-51(64)65)39-37-58(42-50(62)63)38-40-60(44-52(66)67)45-53(68)69;;/h48H,5-12,21-47H2,1-4H3,(H,62,63)(H,64,65)(H,66,67)(H,68,69);;/q;+3;+1/p-4. The number of unbranched alkanes of at least 4 members (excludes halogenated alkanes) is 16. The van der Waals surface area contributed by atoms with Gasteiger partial charge >= 0.3 is 81.4 Å². The number of carboxylic acid groups (broad SMARTS) is 4. The van der Waals surface area contributed by atoms with Gasteiger partial charge < -0.3 is 54.0 Å². The molecule has 1 amide bonds. The van der Waals surface area contributed by atoms with Crippen molar-refractivity contribution in [2.24, 2.45) is 0 Å². The molecule has 0 atom stereocenters. The predicted octanol–water partition coefficient (Wildman–Crippen LogP) is -2.62. The van der Waals surface area contributed by atoms with Gasteiger partial charge in [0.15, 0.2) is 0 Å². The minimum Gasteiger partial charge on any atom is -0.549 e. The van der Waals surface area contributed by atoms with Crippen molar-refractivity contribution in [3.8, 4) is 47.4 Å². The Hall–Kier alpha value is -3.31. The molecule has 0 fully saturated rings. The number of aliphatic carboxylic acids is 4. The summed E-state index contributed by atoms with van der Waals surface area (Å²) in [6, 6.07) is -0.542. The monoisotopic (exact) mass is 1200 g/mol. The van der Waals surface area contributed by atoms with Crippen LogP contribution in [0.3, 0.4) is 0 Å². The Labute approximate surface area is 502 Å². The van der Waals surface area contributed by atoms with Crippen LogP contribution in [0.1, 0.15) is 155 Å². The molecule has 0 saturated carbocycles. The molecule has 0 aromatic rings. The number of nitrogens with zero attached hydrogens (tertiary/aromatic N) is 5. The number of carbonyl (C=O) groups is 7. The number of esters is 2. The molecule has 0 spiro atoms. The molecule has 20 heteroatoms. The van der Waals surface area contributed by atoms with Crippen LogP contribution in [0.25, 0.3) is 0 Å². The largest absolute Gasteiger partial charge is 3.00 e. The van der Waals surface area contributed by atoms with Crippen LogP contribution in [-0.4, -0.2) is 172 Å². The van der Waals surface area contributed by atoms with Crippen molar-refractivity contribution < 1.29 is 133 Å². The first-order valence-corrected chi connectivity index (χ1v) is 26.2. The number of hydrogen-bond acceptors (Lipinski definition) is 17. The average molecular weight is 1200 g/mol. The molecule has 0 aliphatic heterocycles. The summed E-state index contributed by atoms with van der Waals surface area (Å²) in [4.78, 5) is 91.0. The van der Waals surface area contributed by atoms with E-state index >= 15 is 0 Å². The Kier molecular flexibility index (Phi) is 53.4. The summed E-state index contributed by atoms with van der Waals surface area (Å²) in [5.74, 6) is 16.7. The fraction of sp³-hybridized carbons (Fsp3) is 0.727. The Morgan fingerprint density at radius 1 is 0.427 bits per heavy atom. The van der Waals surface area contributed by atoms with Crippen LogP contribution in [-0.2, 0) is 43.0 Å². The average Bonchev–Trinajstić information content (AvgIpc) is 3.33. The van der Waals surface area contributed by atoms with Gasteiger partial charge in [0, 0.05) is 111 Å². The summed E-state index contributed by atoms with van der Waals surface area (Å²) in [5, 5.41) is 45.3. The second-order valence-electron chi connectivity index (χ2n) is 18.2. The summed E-state index contributed by atoms with van der Waals surface area (Å²) in [6.07, 6.45) is 19.6. The minimum atomic E-state index is -1.55. The van der Waals surface area contributed by atoms with E-state index in [1.54, 1.807) is 7.05 Å². The van der Waals surface area contributed by atoms with E-state index in [0.717, 1.165) is 94.8 Å². The van der Waals surface area contributed by atoms with Crippen LogP contribution in [0.4, 0.5) is 0 Å². The van der Waals surface area contributed by atoms with Crippen molar-refractivity contribution in [2.75, 3.05) is 99.3 Å². The van der Waals surface area contributed by atoms with Crippen LogP contribution < -0.4 is 50.0 Å². The zero-order valence-corrected chi connectivity index (χ0v) is 50.0. The third-order valence-corrected chi connectivity index (χ3v) is 11.6. The van der Waals surface area contributed by atoms with Crippen molar-refractivity contribution in [3.63, 3.8) is 0 Å². The van der Waals surface area contributed by atoms with Crippen LogP contribution in [0.5, 0.6) is 0 Å². The van der Waals surface area contributed by atoms with E-state index in [1.807, 2.05) is 4.90 Å². The number of ether oxygens (including phenoxy) is 2.